The van der Waals surface area contributed by atoms with Gasteiger partial charge in [-0.1, -0.05) is 38.9 Å². The van der Waals surface area contributed by atoms with Gasteiger partial charge in [-0.25, -0.2) is 9.97 Å². The average molecular weight is 853 g/mol. The van der Waals surface area contributed by atoms with Gasteiger partial charge in [-0.2, -0.15) is 0 Å². The van der Waals surface area contributed by atoms with Gasteiger partial charge in [0.1, 0.15) is 40.8 Å². The second-order valence-corrected chi connectivity index (χ2v) is 18.0. The van der Waals surface area contributed by atoms with Crippen LogP contribution in [0.15, 0.2) is 35.7 Å². The molecule has 4 saturated heterocycles. The molecule has 17 nitrogen and oxygen atoms in total. The van der Waals surface area contributed by atoms with Gasteiger partial charge in [-0.05, 0) is 73.2 Å². The zero-order valence-corrected chi connectivity index (χ0v) is 37.1. The van der Waals surface area contributed by atoms with Crippen LogP contribution in [0.4, 0.5) is 5.82 Å². The van der Waals surface area contributed by atoms with E-state index in [-0.39, 0.29) is 56.4 Å². The van der Waals surface area contributed by atoms with E-state index in [4.69, 9.17) is 39.0 Å². The second-order valence-electron chi connectivity index (χ2n) is 18.0. The smallest absolute Gasteiger partial charge is 0.311 e. The normalized spacial score (nSPS) is 38.5. The molecule has 336 valence electrons. The van der Waals surface area contributed by atoms with Crippen LogP contribution < -0.4 is 5.73 Å². The zero-order chi connectivity index (χ0) is 44.4. The second kappa shape index (κ2) is 19.1. The van der Waals surface area contributed by atoms with E-state index in [2.05, 4.69) is 20.1 Å². The van der Waals surface area contributed by atoms with Crippen molar-refractivity contribution in [1.29, 1.82) is 0 Å². The van der Waals surface area contributed by atoms with Crippen LogP contribution in [0.25, 0.3) is 11.4 Å². The lowest BCUT2D eigenvalue weighted by molar-refractivity contribution is -0.302. The Bertz CT molecular complexity index is 1920. The maximum Gasteiger partial charge on any atom is 0.311 e. The third kappa shape index (κ3) is 10.1. The number of esters is 2. The monoisotopic (exact) mass is 852 g/mol. The van der Waals surface area contributed by atoms with E-state index < -0.39 is 83.4 Å². The van der Waals surface area contributed by atoms with E-state index in [0.29, 0.717) is 35.6 Å². The molecule has 61 heavy (non-hydrogen) atoms. The Morgan fingerprint density at radius 2 is 1.77 bits per heavy atom. The number of ketones is 1. The SMILES string of the molecule is CC[C@H]1OC(=O)[C@H](C)[C@H]2OC/C(=N/OCc3cccc(-c4cncc(N)n4)n3)CO[C@](C)(C[C@@H](C)C(=O)[C@H](C)[C@@H]3CC(=O)O[C@]13C)[C@H](O[C@@H]1O[C@H](C)C[C@H](N(C)C)[C@H]1O)[C@@H]2C. The summed E-state index contributed by atoms with van der Waals surface area (Å²) < 4.78 is 39.0. The molecule has 0 aromatic carbocycles. The predicted octanol–water partition coefficient (Wildman–Crippen LogP) is 4.14. The summed E-state index contributed by atoms with van der Waals surface area (Å²) in [6, 6.07) is 5.13. The van der Waals surface area contributed by atoms with Crippen LogP contribution in [-0.2, 0) is 54.2 Å². The molecule has 0 amide bonds. The van der Waals surface area contributed by atoms with E-state index in [1.807, 2.05) is 66.6 Å². The number of hydrogen-bond donors (Lipinski definition) is 2. The number of ether oxygens (including phenoxy) is 6. The van der Waals surface area contributed by atoms with Crippen molar-refractivity contribution in [2.75, 3.05) is 33.0 Å². The van der Waals surface area contributed by atoms with Crippen molar-refractivity contribution in [3.8, 4) is 11.4 Å². The number of fused-ring (bicyclic) bond motifs is 4. The molecule has 4 aliphatic rings. The fraction of sp³-hybridized carbons (Fsp3) is 0.705. The van der Waals surface area contributed by atoms with Crippen LogP contribution in [0.5, 0.6) is 0 Å². The summed E-state index contributed by atoms with van der Waals surface area (Å²) in [6.07, 6.45) is -0.840. The third-order valence-electron chi connectivity index (χ3n) is 13.1. The highest BCUT2D eigenvalue weighted by Crippen LogP contribution is 2.46. The van der Waals surface area contributed by atoms with E-state index in [1.54, 1.807) is 32.2 Å². The fourth-order valence-corrected chi connectivity index (χ4v) is 9.80. The molecule has 0 saturated carbocycles. The summed E-state index contributed by atoms with van der Waals surface area (Å²) in [5.41, 5.74) is 5.35. The summed E-state index contributed by atoms with van der Waals surface area (Å²) in [7, 11) is 3.80. The maximum atomic E-state index is 14.6. The van der Waals surface area contributed by atoms with Crippen LogP contribution in [0.1, 0.15) is 86.8 Å². The number of Topliss-reactive ketones (excluding diaryl/α,β-unsaturated/α-hetero) is 1. The van der Waals surface area contributed by atoms with Gasteiger partial charge in [-0.3, -0.25) is 19.4 Å². The molecule has 3 N–H and O–H groups in total. The van der Waals surface area contributed by atoms with E-state index >= 15 is 0 Å². The Labute approximate surface area is 358 Å². The molecule has 2 aromatic heterocycles. The number of likely N-dealkylation sites (N-methyl/N-ethyl adjacent to an activating group) is 1. The van der Waals surface area contributed by atoms with E-state index in [0.717, 1.165) is 0 Å². The van der Waals surface area contributed by atoms with Gasteiger partial charge in [0.05, 0.1) is 73.2 Å². The molecular weight excluding hydrogens is 789 g/mol. The number of rotatable bonds is 8. The number of hydrogen-bond acceptors (Lipinski definition) is 17. The summed E-state index contributed by atoms with van der Waals surface area (Å²) in [4.78, 5) is 62.8. The van der Waals surface area contributed by atoms with Crippen molar-refractivity contribution < 1.29 is 52.7 Å². The Morgan fingerprint density at radius 1 is 1.02 bits per heavy atom. The maximum absolute atomic E-state index is 14.6. The summed E-state index contributed by atoms with van der Waals surface area (Å²) in [5.74, 6) is -4.14. The number of nitrogens with two attached hydrogens (primary N) is 1. The van der Waals surface area contributed by atoms with Gasteiger partial charge in [0, 0.05) is 29.7 Å². The van der Waals surface area contributed by atoms with Crippen molar-refractivity contribution in [3.63, 3.8) is 0 Å². The number of aromatic nitrogens is 3. The average Bonchev–Trinajstić information content (AvgIpc) is 3.55. The first kappa shape index (κ1) is 46.4. The van der Waals surface area contributed by atoms with Gasteiger partial charge in [-0.15, -0.1) is 0 Å². The lowest BCUT2D eigenvalue weighted by atomic mass is 9.70. The molecule has 2 bridgehead atoms. The first-order valence-electron chi connectivity index (χ1n) is 21.4. The molecule has 2 aromatic rings. The molecule has 0 aliphatic carbocycles. The first-order chi connectivity index (χ1) is 28.8. The van der Waals surface area contributed by atoms with Crippen molar-refractivity contribution in [2.24, 2.45) is 34.7 Å². The molecule has 14 atom stereocenters. The summed E-state index contributed by atoms with van der Waals surface area (Å²) in [5, 5.41) is 16.2. The largest absolute Gasteiger partial charge is 0.458 e. The summed E-state index contributed by atoms with van der Waals surface area (Å²) in [6.45, 7) is 14.5. The molecule has 0 radical (unpaired) electrons. The minimum atomic E-state index is -1.27. The van der Waals surface area contributed by atoms with Crippen LogP contribution in [0.2, 0.25) is 0 Å². The third-order valence-corrected chi connectivity index (χ3v) is 13.1. The van der Waals surface area contributed by atoms with Gasteiger partial charge < -0.3 is 49.0 Å². The van der Waals surface area contributed by atoms with Gasteiger partial charge in [0.15, 0.2) is 12.9 Å². The van der Waals surface area contributed by atoms with E-state index in [9.17, 15) is 19.5 Å². The number of carbonyl (C=O) groups is 3. The Morgan fingerprint density at radius 3 is 2.48 bits per heavy atom. The zero-order valence-electron chi connectivity index (χ0n) is 37.1. The number of anilines is 1. The molecule has 0 spiro atoms. The molecule has 6 heterocycles. The standard InChI is InChI=1S/C44H64N6O11/c1-11-34-44(8)30(16-36(51)61-44)25(4)37(52)23(2)17-43(7)40(60-42-38(53)33(50(9)10)15-24(3)58-42)26(5)39(27(6)41(54)59-34)55-20-29(21-56-43)49-57-22-28-13-12-14-31(47-28)32-18-46-19-35(45)48-32/h12-14,18-19,23-27,30,33-34,38-40,42,53H,11,15-17,20-22H2,1-10H3,(H2,45,48)/b49-29-/t23-,24-,25-,26-,27-,30+,33+,34-,38-,39+,40-,42+,43-,44+/m1/s1. The Kier molecular flexibility index (Phi) is 14.5. The van der Waals surface area contributed by atoms with Crippen molar-refractivity contribution in [3.05, 3.63) is 36.3 Å². The Hall–Kier alpha value is -4.13. The molecule has 4 aliphatic heterocycles. The first-order valence-corrected chi connectivity index (χ1v) is 21.4. The fourth-order valence-electron chi connectivity index (χ4n) is 9.80. The summed E-state index contributed by atoms with van der Waals surface area (Å²) >= 11 is 0. The highest BCUT2D eigenvalue weighted by Gasteiger charge is 2.57. The number of oxime groups is 1. The number of aliphatic hydroxyl groups excluding tert-OH is 1. The highest BCUT2D eigenvalue weighted by molar-refractivity contribution is 5.87. The minimum absolute atomic E-state index is 0.00683. The Balaban J connectivity index is 1.38. The highest BCUT2D eigenvalue weighted by atomic mass is 16.7. The van der Waals surface area contributed by atoms with E-state index in [1.165, 1.54) is 6.20 Å². The number of cyclic esters (lactones) is 1. The molecule has 6 rings (SSSR count). The van der Waals surface area contributed by atoms with Crippen molar-refractivity contribution in [2.45, 2.75) is 142 Å². The predicted molar refractivity (Wildman–Crippen MR) is 222 cm³/mol. The van der Waals surface area contributed by atoms with Crippen molar-refractivity contribution in [1.82, 2.24) is 19.9 Å². The molecule has 0 unspecified atom stereocenters. The number of nitrogens with zero attached hydrogens (tertiary/aromatic N) is 5. The molecule has 17 heteroatoms. The molecular formula is C44H64N6O11. The topological polar surface area (TPSA) is 216 Å². The number of pyridine rings is 1. The van der Waals surface area contributed by atoms with Crippen LogP contribution >= 0.6 is 0 Å². The van der Waals surface area contributed by atoms with Crippen LogP contribution in [0.3, 0.4) is 0 Å². The number of nitrogen functional groups attached to an aromatic ring is 1. The van der Waals surface area contributed by atoms with Crippen molar-refractivity contribution >= 4 is 29.3 Å². The van der Waals surface area contributed by atoms with Crippen LogP contribution in [0, 0.1) is 29.6 Å². The minimum Gasteiger partial charge on any atom is -0.458 e. The number of aliphatic hydroxyl groups is 1. The lowest BCUT2D eigenvalue weighted by Gasteiger charge is -2.48. The van der Waals surface area contributed by atoms with Gasteiger partial charge >= 0.3 is 11.9 Å². The number of carbonyl (C=O) groups excluding carboxylic acids is 3. The van der Waals surface area contributed by atoms with Crippen LogP contribution in [-0.4, -0.2) is 130 Å². The molecule has 4 fully saturated rings. The van der Waals surface area contributed by atoms with Gasteiger partial charge in [0.2, 0.25) is 0 Å². The lowest BCUT2D eigenvalue weighted by Crippen LogP contribution is -2.60. The quantitative estimate of drug-likeness (QED) is 0.282. The van der Waals surface area contributed by atoms with Gasteiger partial charge in [0.25, 0.3) is 0 Å².